The summed E-state index contributed by atoms with van der Waals surface area (Å²) in [6.45, 7) is 4.95. The molecule has 0 aliphatic carbocycles. The second kappa shape index (κ2) is 5.31. The number of rotatable bonds is 3. The summed E-state index contributed by atoms with van der Waals surface area (Å²) in [6.07, 6.45) is 1.90. The van der Waals surface area contributed by atoms with Gasteiger partial charge in [-0.25, -0.2) is 9.97 Å². The van der Waals surface area contributed by atoms with Crippen LogP contribution in [0.15, 0.2) is 11.4 Å². The third-order valence-corrected chi connectivity index (χ3v) is 4.92. The number of azide groups is 1. The van der Waals surface area contributed by atoms with E-state index in [2.05, 4.69) is 20.0 Å². The van der Waals surface area contributed by atoms with Gasteiger partial charge in [0.25, 0.3) is 0 Å². The van der Waals surface area contributed by atoms with Crippen LogP contribution in [0.4, 0.5) is 5.82 Å². The smallest absolute Gasteiger partial charge is 0.228 e. The highest BCUT2D eigenvalue weighted by molar-refractivity contribution is 7.18. The fourth-order valence-corrected chi connectivity index (χ4v) is 3.62. The summed E-state index contributed by atoms with van der Waals surface area (Å²) in [4.78, 5) is 27.4. The number of aromatic nitrogens is 2. The summed E-state index contributed by atoms with van der Waals surface area (Å²) in [7, 11) is 0. The van der Waals surface area contributed by atoms with Crippen LogP contribution in [0.2, 0.25) is 0 Å². The fraction of sp³-hybridized carbons (Fsp3) is 0.462. The van der Waals surface area contributed by atoms with Crippen molar-refractivity contribution in [2.75, 3.05) is 18.0 Å². The first-order valence-corrected chi connectivity index (χ1v) is 7.45. The van der Waals surface area contributed by atoms with Crippen molar-refractivity contribution in [1.29, 1.82) is 0 Å². The largest absolute Gasteiger partial charge is 0.296 e. The van der Waals surface area contributed by atoms with E-state index >= 15 is 0 Å². The molecule has 21 heavy (non-hydrogen) atoms. The molecular formula is C13H14N6OS. The Morgan fingerprint density at radius 3 is 3.10 bits per heavy atom. The maximum atomic E-state index is 12.2. The molecule has 0 spiro atoms. The predicted molar refractivity (Wildman–Crippen MR) is 81.4 cm³/mol. The molecule has 2 aromatic rings. The van der Waals surface area contributed by atoms with Crippen molar-refractivity contribution < 1.29 is 4.79 Å². The van der Waals surface area contributed by atoms with E-state index in [-0.39, 0.29) is 11.8 Å². The number of anilines is 1. The summed E-state index contributed by atoms with van der Waals surface area (Å²) >= 11 is 1.61. The molecule has 1 atom stereocenters. The summed E-state index contributed by atoms with van der Waals surface area (Å²) in [5.74, 6) is 0.755. The van der Waals surface area contributed by atoms with E-state index in [9.17, 15) is 4.79 Å². The highest BCUT2D eigenvalue weighted by Gasteiger charge is 2.32. The van der Waals surface area contributed by atoms with Gasteiger partial charge in [0, 0.05) is 29.3 Å². The molecule has 1 fully saturated rings. The van der Waals surface area contributed by atoms with E-state index in [0.717, 1.165) is 15.8 Å². The van der Waals surface area contributed by atoms with Crippen molar-refractivity contribution in [2.45, 2.75) is 20.3 Å². The van der Waals surface area contributed by atoms with Crippen LogP contribution < -0.4 is 4.90 Å². The fourth-order valence-electron chi connectivity index (χ4n) is 2.63. The molecule has 7 nitrogen and oxygen atoms in total. The number of aryl methyl sites for hydroxylation is 2. The molecule has 0 aromatic carbocycles. The van der Waals surface area contributed by atoms with Gasteiger partial charge in [0.2, 0.25) is 5.91 Å². The molecule has 0 bridgehead atoms. The Morgan fingerprint density at radius 1 is 1.52 bits per heavy atom. The van der Waals surface area contributed by atoms with Crippen molar-refractivity contribution in [3.63, 3.8) is 0 Å². The minimum absolute atomic E-state index is 0.0244. The van der Waals surface area contributed by atoms with E-state index in [1.54, 1.807) is 16.2 Å². The maximum Gasteiger partial charge on any atom is 0.228 e. The van der Waals surface area contributed by atoms with Crippen LogP contribution in [0.25, 0.3) is 20.7 Å². The van der Waals surface area contributed by atoms with E-state index in [4.69, 9.17) is 5.53 Å². The van der Waals surface area contributed by atoms with Gasteiger partial charge in [-0.2, -0.15) is 0 Å². The highest BCUT2D eigenvalue weighted by atomic mass is 32.1. The van der Waals surface area contributed by atoms with Gasteiger partial charge in [-0.05, 0) is 30.9 Å². The van der Waals surface area contributed by atoms with Crippen LogP contribution in [0, 0.1) is 19.8 Å². The molecule has 0 N–H and O–H groups in total. The van der Waals surface area contributed by atoms with Crippen molar-refractivity contribution in [1.82, 2.24) is 9.97 Å². The van der Waals surface area contributed by atoms with Gasteiger partial charge in [-0.1, -0.05) is 5.11 Å². The highest BCUT2D eigenvalue weighted by Crippen LogP contribution is 2.36. The molecule has 1 aliphatic rings. The lowest BCUT2D eigenvalue weighted by Crippen LogP contribution is -2.26. The Kier molecular flexibility index (Phi) is 3.48. The van der Waals surface area contributed by atoms with Crippen LogP contribution in [0.1, 0.15) is 16.9 Å². The number of carbonyl (C=O) groups is 1. The minimum Gasteiger partial charge on any atom is -0.296 e. The van der Waals surface area contributed by atoms with Crippen molar-refractivity contribution in [2.24, 2.45) is 11.0 Å². The third-order valence-electron chi connectivity index (χ3n) is 3.81. The molecule has 0 radical (unpaired) electrons. The summed E-state index contributed by atoms with van der Waals surface area (Å²) in [5.41, 5.74) is 9.52. The Labute approximate surface area is 125 Å². The summed E-state index contributed by atoms with van der Waals surface area (Å²) < 4.78 is 0. The lowest BCUT2D eigenvalue weighted by molar-refractivity contribution is -0.117. The first kappa shape index (κ1) is 13.8. The zero-order valence-corrected chi connectivity index (χ0v) is 12.6. The van der Waals surface area contributed by atoms with Crippen LogP contribution in [-0.4, -0.2) is 29.0 Å². The number of nitrogens with zero attached hydrogens (tertiary/aromatic N) is 6. The molecule has 0 saturated carbocycles. The molecule has 1 aliphatic heterocycles. The summed E-state index contributed by atoms with van der Waals surface area (Å²) in [6, 6.07) is 0. The third kappa shape index (κ3) is 2.32. The van der Waals surface area contributed by atoms with Crippen molar-refractivity contribution in [3.8, 4) is 0 Å². The van der Waals surface area contributed by atoms with E-state index in [1.807, 2.05) is 13.8 Å². The van der Waals surface area contributed by atoms with E-state index in [1.165, 1.54) is 11.2 Å². The zero-order valence-electron chi connectivity index (χ0n) is 11.8. The molecular weight excluding hydrogens is 288 g/mol. The number of amides is 1. The predicted octanol–water partition coefficient (Wildman–Crippen LogP) is 2.97. The molecule has 108 valence electrons. The molecule has 1 amide bonds. The number of thiophene rings is 1. The Bertz CT molecular complexity index is 763. The quantitative estimate of drug-likeness (QED) is 0.495. The summed E-state index contributed by atoms with van der Waals surface area (Å²) in [5, 5.41) is 4.53. The lowest BCUT2D eigenvalue weighted by Gasteiger charge is -2.16. The van der Waals surface area contributed by atoms with Gasteiger partial charge >= 0.3 is 0 Å². The van der Waals surface area contributed by atoms with E-state index in [0.29, 0.717) is 25.3 Å². The average molecular weight is 302 g/mol. The van der Waals surface area contributed by atoms with Gasteiger partial charge in [0.05, 0.1) is 5.39 Å². The molecule has 3 heterocycles. The first-order valence-electron chi connectivity index (χ1n) is 6.63. The molecule has 3 rings (SSSR count). The topological polar surface area (TPSA) is 94.8 Å². The molecule has 1 unspecified atom stereocenters. The van der Waals surface area contributed by atoms with Crippen molar-refractivity contribution >= 4 is 33.3 Å². The number of hydrogen-bond acceptors (Lipinski definition) is 5. The Hall–Kier alpha value is -2.18. The van der Waals surface area contributed by atoms with Crippen LogP contribution in [0.5, 0.6) is 0 Å². The second-order valence-electron chi connectivity index (χ2n) is 5.15. The molecule has 1 saturated heterocycles. The van der Waals surface area contributed by atoms with Crippen LogP contribution in [-0.2, 0) is 4.79 Å². The zero-order chi connectivity index (χ0) is 15.0. The Morgan fingerprint density at radius 2 is 2.33 bits per heavy atom. The molecule has 8 heteroatoms. The minimum atomic E-state index is 0.0244. The standard InChI is InChI=1S/C13H14N6OS/c1-7-8(2)21-13-11(7)12(15-6-16-13)19-5-9(3-10(19)20)4-17-18-14/h6,9H,3-5H2,1-2H3. The normalized spacial score (nSPS) is 18.3. The monoisotopic (exact) mass is 302 g/mol. The Balaban J connectivity index is 2.01. The van der Waals surface area contributed by atoms with Crippen LogP contribution in [0.3, 0.4) is 0 Å². The van der Waals surface area contributed by atoms with Crippen LogP contribution >= 0.6 is 11.3 Å². The maximum absolute atomic E-state index is 12.2. The van der Waals surface area contributed by atoms with Gasteiger partial charge < -0.3 is 0 Å². The second-order valence-corrected chi connectivity index (χ2v) is 6.35. The molecule has 2 aromatic heterocycles. The van der Waals surface area contributed by atoms with Crippen molar-refractivity contribution in [3.05, 3.63) is 27.2 Å². The van der Waals surface area contributed by atoms with Gasteiger partial charge in [0.15, 0.2) is 0 Å². The lowest BCUT2D eigenvalue weighted by atomic mass is 10.1. The number of fused-ring (bicyclic) bond motifs is 1. The number of carbonyl (C=O) groups excluding carboxylic acids is 1. The van der Waals surface area contributed by atoms with Gasteiger partial charge in [0.1, 0.15) is 17.0 Å². The number of hydrogen-bond donors (Lipinski definition) is 0. The SMILES string of the molecule is Cc1sc2ncnc(N3CC(CN=[N+]=[N-])CC3=O)c2c1C. The first-order chi connectivity index (χ1) is 10.1. The average Bonchev–Trinajstić information content (AvgIpc) is 2.98. The van der Waals surface area contributed by atoms with Gasteiger partial charge in [-0.15, -0.1) is 11.3 Å². The van der Waals surface area contributed by atoms with E-state index < -0.39 is 0 Å². The van der Waals surface area contributed by atoms with Gasteiger partial charge in [-0.3, -0.25) is 9.69 Å².